The van der Waals surface area contributed by atoms with Crippen LogP contribution in [0.25, 0.3) is 10.8 Å². The minimum atomic E-state index is 0.746. The van der Waals surface area contributed by atoms with Gasteiger partial charge in [-0.05, 0) is 30.0 Å². The van der Waals surface area contributed by atoms with Crippen molar-refractivity contribution >= 4 is 10.8 Å². The van der Waals surface area contributed by atoms with E-state index in [9.17, 15) is 0 Å². The van der Waals surface area contributed by atoms with Gasteiger partial charge in [0.15, 0.2) is 0 Å². The summed E-state index contributed by atoms with van der Waals surface area (Å²) in [6.07, 6.45) is 1.01. The van der Waals surface area contributed by atoms with Gasteiger partial charge in [0.1, 0.15) is 11.5 Å². The van der Waals surface area contributed by atoms with Crippen LogP contribution in [0.5, 0.6) is 11.5 Å². The largest absolute Gasteiger partial charge is 0.497 e. The lowest BCUT2D eigenvalue weighted by Crippen LogP contribution is -1.95. The highest BCUT2D eigenvalue weighted by Gasteiger charge is 2.02. The summed E-state index contributed by atoms with van der Waals surface area (Å²) in [5, 5.41) is 2.28. The summed E-state index contributed by atoms with van der Waals surface area (Å²) < 4.78 is 10.9. The van der Waals surface area contributed by atoms with Gasteiger partial charge < -0.3 is 9.47 Å². The fourth-order valence-electron chi connectivity index (χ4n) is 1.69. The van der Waals surface area contributed by atoms with E-state index in [0.29, 0.717) is 0 Å². The number of benzene rings is 2. The first kappa shape index (κ1) is 10.8. The molecule has 84 valence electrons. The van der Waals surface area contributed by atoms with Gasteiger partial charge in [0.05, 0.1) is 13.7 Å². The molecule has 0 heterocycles. The zero-order valence-electron chi connectivity index (χ0n) is 9.69. The first-order valence-electron chi connectivity index (χ1n) is 5.54. The van der Waals surface area contributed by atoms with Crippen LogP contribution in [-0.4, -0.2) is 13.7 Å². The Labute approximate surface area is 95.8 Å². The van der Waals surface area contributed by atoms with Gasteiger partial charge in [-0.2, -0.15) is 0 Å². The van der Waals surface area contributed by atoms with Crippen molar-refractivity contribution in [3.8, 4) is 11.5 Å². The van der Waals surface area contributed by atoms with Crippen LogP contribution in [0.1, 0.15) is 13.3 Å². The highest BCUT2D eigenvalue weighted by Crippen LogP contribution is 2.29. The first-order chi connectivity index (χ1) is 7.85. The predicted molar refractivity (Wildman–Crippen MR) is 66.3 cm³/mol. The summed E-state index contributed by atoms with van der Waals surface area (Å²) in [6, 6.07) is 12.1. The predicted octanol–water partition coefficient (Wildman–Crippen LogP) is 3.64. The van der Waals surface area contributed by atoms with Gasteiger partial charge in [0.25, 0.3) is 0 Å². The monoisotopic (exact) mass is 216 g/mol. The maximum Gasteiger partial charge on any atom is 0.127 e. The molecule has 0 atom stereocenters. The van der Waals surface area contributed by atoms with Crippen molar-refractivity contribution < 1.29 is 9.47 Å². The third kappa shape index (κ3) is 2.11. The molecule has 0 amide bonds. The molecule has 0 bridgehead atoms. The minimum Gasteiger partial charge on any atom is -0.497 e. The van der Waals surface area contributed by atoms with Crippen molar-refractivity contribution in [1.29, 1.82) is 0 Å². The lowest BCUT2D eigenvalue weighted by Gasteiger charge is -2.09. The Bertz CT molecular complexity index is 477. The number of hydrogen-bond donors (Lipinski definition) is 0. The maximum absolute atomic E-state index is 5.71. The SMILES string of the molecule is CCCOc1cccc2ccc(OC)cc12. The number of rotatable bonds is 4. The number of ether oxygens (including phenoxy) is 2. The Morgan fingerprint density at radius 2 is 2.00 bits per heavy atom. The van der Waals surface area contributed by atoms with Crippen molar-refractivity contribution in [2.75, 3.05) is 13.7 Å². The molecule has 2 aromatic carbocycles. The van der Waals surface area contributed by atoms with Crippen molar-refractivity contribution in [1.82, 2.24) is 0 Å². The molecule has 0 aliphatic rings. The Balaban J connectivity index is 2.46. The van der Waals surface area contributed by atoms with Crippen LogP contribution in [0.2, 0.25) is 0 Å². The Hall–Kier alpha value is -1.70. The van der Waals surface area contributed by atoms with Gasteiger partial charge in [-0.3, -0.25) is 0 Å². The average molecular weight is 216 g/mol. The van der Waals surface area contributed by atoms with Gasteiger partial charge in [0, 0.05) is 5.39 Å². The quantitative estimate of drug-likeness (QED) is 0.776. The molecule has 2 rings (SSSR count). The molecule has 2 nitrogen and oxygen atoms in total. The van der Waals surface area contributed by atoms with Crippen LogP contribution in [0.3, 0.4) is 0 Å². The average Bonchev–Trinajstić information content (AvgIpc) is 2.35. The second kappa shape index (κ2) is 4.88. The summed E-state index contributed by atoms with van der Waals surface area (Å²) >= 11 is 0. The zero-order chi connectivity index (χ0) is 11.4. The molecule has 0 fully saturated rings. The van der Waals surface area contributed by atoms with E-state index >= 15 is 0 Å². The lowest BCUT2D eigenvalue weighted by molar-refractivity contribution is 0.321. The third-order valence-corrected chi connectivity index (χ3v) is 2.51. The van der Waals surface area contributed by atoms with Gasteiger partial charge >= 0.3 is 0 Å². The Morgan fingerprint density at radius 3 is 2.75 bits per heavy atom. The van der Waals surface area contributed by atoms with E-state index in [1.54, 1.807) is 7.11 Å². The number of methoxy groups -OCH3 is 1. The van der Waals surface area contributed by atoms with Crippen LogP contribution in [0, 0.1) is 0 Å². The van der Waals surface area contributed by atoms with E-state index in [4.69, 9.17) is 9.47 Å². The molecule has 0 unspecified atom stereocenters. The highest BCUT2D eigenvalue weighted by molar-refractivity contribution is 5.89. The zero-order valence-corrected chi connectivity index (χ0v) is 9.69. The molecular formula is C14H16O2. The maximum atomic E-state index is 5.71. The van der Waals surface area contributed by atoms with Crippen LogP contribution in [0.15, 0.2) is 36.4 Å². The topological polar surface area (TPSA) is 18.5 Å². The van der Waals surface area contributed by atoms with E-state index in [1.165, 1.54) is 5.39 Å². The summed E-state index contributed by atoms with van der Waals surface area (Å²) in [6.45, 7) is 2.85. The van der Waals surface area contributed by atoms with E-state index in [-0.39, 0.29) is 0 Å². The van der Waals surface area contributed by atoms with E-state index < -0.39 is 0 Å². The summed E-state index contributed by atoms with van der Waals surface area (Å²) in [7, 11) is 1.68. The van der Waals surface area contributed by atoms with Crippen LogP contribution in [0.4, 0.5) is 0 Å². The number of hydrogen-bond acceptors (Lipinski definition) is 2. The minimum absolute atomic E-state index is 0.746. The smallest absolute Gasteiger partial charge is 0.127 e. The summed E-state index contributed by atoms with van der Waals surface area (Å²) in [4.78, 5) is 0. The number of fused-ring (bicyclic) bond motifs is 1. The van der Waals surface area contributed by atoms with E-state index in [1.807, 2.05) is 30.3 Å². The molecule has 0 N–H and O–H groups in total. The van der Waals surface area contributed by atoms with Crippen molar-refractivity contribution in [2.24, 2.45) is 0 Å². The Kier molecular flexibility index (Phi) is 3.30. The highest BCUT2D eigenvalue weighted by atomic mass is 16.5. The molecule has 0 aromatic heterocycles. The molecule has 0 saturated carbocycles. The molecule has 2 aromatic rings. The van der Waals surface area contributed by atoms with Crippen LogP contribution < -0.4 is 9.47 Å². The van der Waals surface area contributed by atoms with Crippen molar-refractivity contribution in [3.63, 3.8) is 0 Å². The molecule has 0 aliphatic carbocycles. The normalized spacial score (nSPS) is 10.4. The molecule has 0 radical (unpaired) electrons. The standard InChI is InChI=1S/C14H16O2/c1-3-9-16-14-6-4-5-11-7-8-12(15-2)10-13(11)14/h4-8,10H,3,9H2,1-2H3. The van der Waals surface area contributed by atoms with Crippen LogP contribution in [-0.2, 0) is 0 Å². The third-order valence-electron chi connectivity index (χ3n) is 2.51. The second-order valence-corrected chi connectivity index (χ2v) is 3.69. The van der Waals surface area contributed by atoms with Gasteiger partial charge in [-0.15, -0.1) is 0 Å². The van der Waals surface area contributed by atoms with Crippen LogP contribution >= 0.6 is 0 Å². The molecule has 0 aliphatic heterocycles. The summed E-state index contributed by atoms with van der Waals surface area (Å²) in [5.74, 6) is 1.79. The molecular weight excluding hydrogens is 200 g/mol. The van der Waals surface area contributed by atoms with Gasteiger partial charge in [-0.25, -0.2) is 0 Å². The van der Waals surface area contributed by atoms with Gasteiger partial charge in [0.2, 0.25) is 0 Å². The Morgan fingerprint density at radius 1 is 1.12 bits per heavy atom. The van der Waals surface area contributed by atoms with Crippen molar-refractivity contribution in [2.45, 2.75) is 13.3 Å². The van der Waals surface area contributed by atoms with E-state index in [2.05, 4.69) is 13.0 Å². The molecule has 16 heavy (non-hydrogen) atoms. The fraction of sp³-hybridized carbons (Fsp3) is 0.286. The summed E-state index contributed by atoms with van der Waals surface area (Å²) in [5.41, 5.74) is 0. The fourth-order valence-corrected chi connectivity index (χ4v) is 1.69. The molecule has 0 spiro atoms. The van der Waals surface area contributed by atoms with Crippen molar-refractivity contribution in [3.05, 3.63) is 36.4 Å². The van der Waals surface area contributed by atoms with E-state index in [0.717, 1.165) is 29.9 Å². The second-order valence-electron chi connectivity index (χ2n) is 3.69. The molecule has 0 saturated heterocycles. The lowest BCUT2D eigenvalue weighted by atomic mass is 10.1. The molecule has 2 heteroatoms. The first-order valence-corrected chi connectivity index (χ1v) is 5.54. The van der Waals surface area contributed by atoms with Gasteiger partial charge in [-0.1, -0.05) is 25.1 Å².